The first kappa shape index (κ1) is 37.4. The number of aromatic nitrogens is 1. The first-order valence-electron chi connectivity index (χ1n) is 17.2. The van der Waals surface area contributed by atoms with E-state index in [1.165, 1.54) is 24.3 Å². The molecule has 0 aliphatic carbocycles. The van der Waals surface area contributed by atoms with Crippen LogP contribution >= 0.6 is 0 Å². The number of unbranched alkanes of at least 4 members (excludes halogenated alkanes) is 1. The molecular formula is C40H44F3N3O5. The fraction of sp³-hybridized carbons (Fsp3) is 0.350. The van der Waals surface area contributed by atoms with Crippen molar-refractivity contribution in [2.24, 2.45) is 5.92 Å². The van der Waals surface area contributed by atoms with Gasteiger partial charge in [0.2, 0.25) is 5.69 Å². The number of carbonyl (C=O) groups is 1. The molecule has 1 amide bonds. The lowest BCUT2D eigenvalue weighted by atomic mass is 9.98. The topological polar surface area (TPSA) is 98.0 Å². The molecule has 2 heterocycles. The number of nitrogens with one attached hydrogen (secondary N) is 1. The maximum atomic E-state index is 14.2. The molecule has 1 aliphatic rings. The minimum Gasteiger partial charge on any atom is -0.618 e. The van der Waals surface area contributed by atoms with Gasteiger partial charge in [0, 0.05) is 54.3 Å². The molecular weight excluding hydrogens is 659 g/mol. The highest BCUT2D eigenvalue weighted by Crippen LogP contribution is 2.38. The molecule has 0 fully saturated rings. The molecule has 1 aliphatic heterocycles. The Morgan fingerprint density at radius 2 is 1.76 bits per heavy atom. The zero-order valence-corrected chi connectivity index (χ0v) is 29.1. The summed E-state index contributed by atoms with van der Waals surface area (Å²) in [6, 6.07) is 21.2. The highest BCUT2D eigenvalue weighted by molar-refractivity contribution is 6.07. The van der Waals surface area contributed by atoms with Gasteiger partial charge in [-0.05, 0) is 84.0 Å². The summed E-state index contributed by atoms with van der Waals surface area (Å²) in [7, 11) is 0. The summed E-state index contributed by atoms with van der Waals surface area (Å²) in [6.45, 7) is 9.36. The fourth-order valence-electron chi connectivity index (χ4n) is 6.04. The number of ether oxygens (including phenoxy) is 2. The van der Waals surface area contributed by atoms with E-state index in [1.807, 2.05) is 42.5 Å². The van der Waals surface area contributed by atoms with Crippen molar-refractivity contribution in [3.8, 4) is 16.9 Å². The van der Waals surface area contributed by atoms with Crippen LogP contribution in [0.5, 0.6) is 5.75 Å². The molecule has 5 rings (SSSR count). The first-order valence-corrected chi connectivity index (χ1v) is 17.2. The van der Waals surface area contributed by atoms with Gasteiger partial charge in [-0.3, -0.25) is 4.79 Å². The van der Waals surface area contributed by atoms with E-state index < -0.39 is 29.3 Å². The van der Waals surface area contributed by atoms with Crippen LogP contribution in [0.25, 0.3) is 17.2 Å². The van der Waals surface area contributed by atoms with E-state index in [9.17, 15) is 28.3 Å². The van der Waals surface area contributed by atoms with Gasteiger partial charge >= 0.3 is 6.18 Å². The van der Waals surface area contributed by atoms with Crippen LogP contribution in [-0.2, 0) is 15.7 Å². The molecule has 4 aromatic rings. The Balaban J connectivity index is 1.38. The van der Waals surface area contributed by atoms with Crippen molar-refractivity contribution in [3.05, 3.63) is 118 Å². The quantitative estimate of drug-likeness (QED) is 0.0782. The highest BCUT2D eigenvalue weighted by atomic mass is 19.4. The highest BCUT2D eigenvalue weighted by Gasteiger charge is 2.37. The molecule has 1 aromatic heterocycles. The molecule has 3 aromatic carbocycles. The van der Waals surface area contributed by atoms with Gasteiger partial charge in [0.15, 0.2) is 12.3 Å². The number of halogens is 3. The summed E-state index contributed by atoms with van der Waals surface area (Å²) >= 11 is 0. The Bertz CT molecular complexity index is 1830. The van der Waals surface area contributed by atoms with Crippen LogP contribution < -0.4 is 19.7 Å². The lowest BCUT2D eigenvalue weighted by Crippen LogP contribution is -2.33. The van der Waals surface area contributed by atoms with Crippen molar-refractivity contribution in [2.45, 2.75) is 52.3 Å². The number of amides is 1. The molecule has 0 saturated carbocycles. The monoisotopic (exact) mass is 703 g/mol. The maximum absolute atomic E-state index is 14.2. The van der Waals surface area contributed by atoms with Crippen LogP contribution in [0.3, 0.4) is 0 Å². The summed E-state index contributed by atoms with van der Waals surface area (Å²) < 4.78 is 54.4. The number of aliphatic hydroxyl groups excluding tert-OH is 1. The fourth-order valence-corrected chi connectivity index (χ4v) is 6.04. The number of alkyl halides is 3. The molecule has 51 heavy (non-hydrogen) atoms. The third kappa shape index (κ3) is 9.68. The van der Waals surface area contributed by atoms with Gasteiger partial charge in [-0.1, -0.05) is 51.5 Å². The van der Waals surface area contributed by atoms with Gasteiger partial charge in [-0.2, -0.15) is 17.9 Å². The largest absolute Gasteiger partial charge is 0.618 e. The summed E-state index contributed by atoms with van der Waals surface area (Å²) in [6.07, 6.45) is -1.31. The lowest BCUT2D eigenvalue weighted by Gasteiger charge is -2.27. The normalized spacial score (nSPS) is 13.7. The van der Waals surface area contributed by atoms with Crippen molar-refractivity contribution in [1.82, 2.24) is 0 Å². The maximum Gasteiger partial charge on any atom is 0.416 e. The van der Waals surface area contributed by atoms with E-state index in [1.54, 1.807) is 6.08 Å². The third-order valence-electron chi connectivity index (χ3n) is 8.60. The zero-order valence-electron chi connectivity index (χ0n) is 29.1. The number of nitrogens with zero attached hydrogens (tertiary/aromatic N) is 2. The van der Waals surface area contributed by atoms with Crippen molar-refractivity contribution < 1.29 is 37.3 Å². The molecule has 0 spiro atoms. The average Bonchev–Trinajstić information content (AvgIpc) is 3.28. The molecule has 1 unspecified atom stereocenters. The number of benzene rings is 3. The van der Waals surface area contributed by atoms with Crippen LogP contribution in [0.1, 0.15) is 68.5 Å². The summed E-state index contributed by atoms with van der Waals surface area (Å²) in [5.41, 5.74) is 2.12. The summed E-state index contributed by atoms with van der Waals surface area (Å²) in [5.74, 6) is 0.554. The van der Waals surface area contributed by atoms with Gasteiger partial charge in [0.1, 0.15) is 12.4 Å². The van der Waals surface area contributed by atoms with E-state index in [0.29, 0.717) is 42.4 Å². The van der Waals surface area contributed by atoms with Crippen LogP contribution in [0.2, 0.25) is 0 Å². The number of aliphatic hydroxyl groups is 1. The van der Waals surface area contributed by atoms with Gasteiger partial charge in [-0.25, -0.2) is 0 Å². The SMILES string of the molecule is CCCCOCCOc1ccc(-c2ccc3c(c2)C=C(C(=O)Nc2ccc(C(O)c4cccc[n+]4[O-])c(C(F)(F)F)c2)CCN3CC(C)C)cc1. The number of hydrogen-bond donors (Lipinski definition) is 2. The molecule has 11 heteroatoms. The van der Waals surface area contributed by atoms with Crippen LogP contribution in [0, 0.1) is 11.1 Å². The number of rotatable bonds is 14. The third-order valence-corrected chi connectivity index (χ3v) is 8.60. The second kappa shape index (κ2) is 16.9. The van der Waals surface area contributed by atoms with Gasteiger partial charge < -0.3 is 30.0 Å². The van der Waals surface area contributed by atoms with Gasteiger partial charge in [0.05, 0.1) is 12.2 Å². The Hall–Kier alpha value is -4.87. The van der Waals surface area contributed by atoms with Crippen molar-refractivity contribution >= 4 is 23.4 Å². The smallest absolute Gasteiger partial charge is 0.416 e. The second-order valence-corrected chi connectivity index (χ2v) is 13.0. The van der Waals surface area contributed by atoms with E-state index in [-0.39, 0.29) is 11.4 Å². The Morgan fingerprint density at radius 3 is 2.47 bits per heavy atom. The molecule has 0 saturated heterocycles. The Morgan fingerprint density at radius 1 is 1.00 bits per heavy atom. The molecule has 0 bridgehead atoms. The number of anilines is 2. The summed E-state index contributed by atoms with van der Waals surface area (Å²) in [4.78, 5) is 15.9. The number of fused-ring (bicyclic) bond motifs is 1. The number of hydrogen-bond acceptors (Lipinski definition) is 6. The van der Waals surface area contributed by atoms with Crippen LogP contribution in [0.15, 0.2) is 90.6 Å². The average molecular weight is 704 g/mol. The molecule has 270 valence electrons. The van der Waals surface area contributed by atoms with E-state index in [0.717, 1.165) is 72.5 Å². The molecule has 8 nitrogen and oxygen atoms in total. The van der Waals surface area contributed by atoms with E-state index in [4.69, 9.17) is 9.47 Å². The Labute approximate surface area is 296 Å². The summed E-state index contributed by atoms with van der Waals surface area (Å²) in [5, 5.41) is 25.6. The zero-order chi connectivity index (χ0) is 36.5. The predicted molar refractivity (Wildman–Crippen MR) is 192 cm³/mol. The Kier molecular flexibility index (Phi) is 12.4. The molecule has 0 radical (unpaired) electrons. The lowest BCUT2D eigenvalue weighted by molar-refractivity contribution is -0.617. The van der Waals surface area contributed by atoms with Crippen molar-refractivity contribution in [1.29, 1.82) is 0 Å². The van der Waals surface area contributed by atoms with Crippen molar-refractivity contribution in [3.63, 3.8) is 0 Å². The van der Waals surface area contributed by atoms with Gasteiger partial charge in [-0.15, -0.1) is 0 Å². The number of pyridine rings is 1. The predicted octanol–water partition coefficient (Wildman–Crippen LogP) is 8.17. The van der Waals surface area contributed by atoms with Crippen LogP contribution in [-0.4, -0.2) is 43.9 Å². The van der Waals surface area contributed by atoms with E-state index in [2.05, 4.69) is 31.0 Å². The number of carbonyl (C=O) groups excluding carboxylic acids is 1. The molecule has 1 atom stereocenters. The van der Waals surface area contributed by atoms with Crippen molar-refractivity contribution in [2.75, 3.05) is 43.1 Å². The minimum absolute atomic E-state index is 0.0840. The van der Waals surface area contributed by atoms with E-state index >= 15 is 0 Å². The second-order valence-electron chi connectivity index (χ2n) is 13.0. The minimum atomic E-state index is -4.86. The van der Waals surface area contributed by atoms with Gasteiger partial charge in [0.25, 0.3) is 5.91 Å². The first-order chi connectivity index (χ1) is 24.4. The van der Waals surface area contributed by atoms with Crippen LogP contribution in [0.4, 0.5) is 24.5 Å². The standard InChI is InChI=1S/C40H44F3N3O5/c1-4-5-20-50-21-22-51-33-13-9-28(10-14-33)29-11-16-36-31(23-29)24-30(17-19-45(36)26-27(2)3)39(48)44-32-12-15-34(35(25-32)40(41,42)43)38(47)37-8-6-7-18-46(37)49/h6-16,18,23-25,27,38,47H,4-5,17,19-22,26H2,1-3H3,(H,44,48). The molecule has 2 N–H and O–H groups in total.